The molecule has 0 saturated heterocycles. The number of aromatic nitrogens is 2. The van der Waals surface area contributed by atoms with E-state index in [0.717, 1.165) is 23.2 Å². The van der Waals surface area contributed by atoms with Crippen molar-refractivity contribution in [3.8, 4) is 5.75 Å². The Kier molecular flexibility index (Phi) is 4.88. The number of amides is 1. The van der Waals surface area contributed by atoms with Gasteiger partial charge >= 0.3 is 0 Å². The van der Waals surface area contributed by atoms with Crippen LogP contribution in [0.3, 0.4) is 0 Å². The van der Waals surface area contributed by atoms with Gasteiger partial charge in [0.1, 0.15) is 5.75 Å². The molecule has 0 aliphatic rings. The predicted molar refractivity (Wildman–Crippen MR) is 89.4 cm³/mol. The number of nitrogens with zero attached hydrogens (tertiary/aromatic N) is 1. The summed E-state index contributed by atoms with van der Waals surface area (Å²) in [6.07, 6.45) is 2.83. The van der Waals surface area contributed by atoms with Gasteiger partial charge in [-0.3, -0.25) is 4.79 Å². The summed E-state index contributed by atoms with van der Waals surface area (Å²) in [6.45, 7) is 1.000. The number of fused-ring (bicyclic) bond motifs is 1. The Balaban J connectivity index is 1.37. The molecule has 2 N–H and O–H groups in total. The molecule has 1 amide bonds. The van der Waals surface area contributed by atoms with E-state index in [1.54, 1.807) is 6.33 Å². The minimum atomic E-state index is 0.00329. The number of hydrogen-bond donors (Lipinski definition) is 2. The molecule has 0 radical (unpaired) electrons. The van der Waals surface area contributed by atoms with Gasteiger partial charge in [0.2, 0.25) is 5.91 Å². The van der Waals surface area contributed by atoms with Crippen molar-refractivity contribution >= 4 is 16.9 Å². The number of carbonyl (C=O) groups is 1. The minimum Gasteiger partial charge on any atom is -0.493 e. The molecule has 5 heteroatoms. The van der Waals surface area contributed by atoms with Gasteiger partial charge in [0, 0.05) is 6.54 Å². The van der Waals surface area contributed by atoms with Crippen LogP contribution in [0.25, 0.3) is 11.0 Å². The number of benzene rings is 2. The largest absolute Gasteiger partial charge is 0.493 e. The van der Waals surface area contributed by atoms with E-state index in [9.17, 15) is 4.79 Å². The van der Waals surface area contributed by atoms with Gasteiger partial charge in [-0.25, -0.2) is 4.98 Å². The van der Waals surface area contributed by atoms with Gasteiger partial charge in [0.05, 0.1) is 30.4 Å². The maximum Gasteiger partial charge on any atom is 0.223 e. The molecular formula is C18H19N3O2. The highest BCUT2D eigenvalue weighted by molar-refractivity contribution is 5.76. The standard InChI is InChI=1S/C18H19N3O2/c22-18(9-11-23-15-4-2-1-3-5-15)19-10-8-14-6-7-16-17(12-14)21-13-20-16/h1-7,12-13H,8-11H2,(H,19,22)(H,20,21). The van der Waals surface area contributed by atoms with Crippen molar-refractivity contribution in [3.63, 3.8) is 0 Å². The maximum absolute atomic E-state index is 11.8. The molecule has 0 fully saturated rings. The Morgan fingerprint density at radius 3 is 2.91 bits per heavy atom. The molecule has 3 aromatic rings. The van der Waals surface area contributed by atoms with E-state index in [1.165, 1.54) is 5.56 Å². The molecule has 0 saturated carbocycles. The zero-order chi connectivity index (χ0) is 15.9. The Bertz CT molecular complexity index is 768. The molecule has 2 aromatic carbocycles. The third kappa shape index (κ3) is 4.32. The zero-order valence-corrected chi connectivity index (χ0v) is 12.8. The number of ether oxygens (including phenoxy) is 1. The molecule has 118 valence electrons. The van der Waals surface area contributed by atoms with Gasteiger partial charge in [0.25, 0.3) is 0 Å². The summed E-state index contributed by atoms with van der Waals surface area (Å²) >= 11 is 0. The predicted octanol–water partition coefficient (Wildman–Crippen LogP) is 2.69. The maximum atomic E-state index is 11.8. The molecule has 3 rings (SSSR count). The van der Waals surface area contributed by atoms with E-state index < -0.39 is 0 Å². The van der Waals surface area contributed by atoms with Gasteiger partial charge in [0.15, 0.2) is 0 Å². The number of hydrogen-bond acceptors (Lipinski definition) is 3. The summed E-state index contributed by atoms with van der Waals surface area (Å²) in [4.78, 5) is 19.1. The fourth-order valence-electron chi connectivity index (χ4n) is 2.35. The minimum absolute atomic E-state index is 0.00329. The van der Waals surface area contributed by atoms with Crippen LogP contribution in [0.2, 0.25) is 0 Å². The van der Waals surface area contributed by atoms with Crippen molar-refractivity contribution in [2.24, 2.45) is 0 Å². The van der Waals surface area contributed by atoms with Crippen LogP contribution in [0, 0.1) is 0 Å². The molecule has 0 aliphatic heterocycles. The second-order valence-corrected chi connectivity index (χ2v) is 5.27. The fourth-order valence-corrected chi connectivity index (χ4v) is 2.35. The van der Waals surface area contributed by atoms with E-state index in [2.05, 4.69) is 21.4 Å². The van der Waals surface area contributed by atoms with E-state index in [0.29, 0.717) is 19.6 Å². The average Bonchev–Trinajstić information content (AvgIpc) is 3.03. The molecule has 1 aromatic heterocycles. The van der Waals surface area contributed by atoms with Crippen LogP contribution in [0.5, 0.6) is 5.75 Å². The molecule has 0 atom stereocenters. The lowest BCUT2D eigenvalue weighted by atomic mass is 10.1. The number of H-pyrrole nitrogens is 1. The highest BCUT2D eigenvalue weighted by Crippen LogP contribution is 2.11. The molecule has 23 heavy (non-hydrogen) atoms. The van der Waals surface area contributed by atoms with Gasteiger partial charge in [-0.2, -0.15) is 0 Å². The van der Waals surface area contributed by atoms with Gasteiger partial charge in [-0.05, 0) is 36.2 Å². The third-order valence-corrected chi connectivity index (χ3v) is 3.56. The van der Waals surface area contributed by atoms with E-state index >= 15 is 0 Å². The summed E-state index contributed by atoms with van der Waals surface area (Å²) < 4.78 is 5.51. The lowest BCUT2D eigenvalue weighted by Gasteiger charge is -2.07. The monoisotopic (exact) mass is 309 g/mol. The summed E-state index contributed by atoms with van der Waals surface area (Å²) in [5.41, 5.74) is 3.14. The van der Waals surface area contributed by atoms with Crippen LogP contribution in [0.4, 0.5) is 0 Å². The Hall–Kier alpha value is -2.82. The topological polar surface area (TPSA) is 67.0 Å². The van der Waals surface area contributed by atoms with Gasteiger partial charge in [-0.15, -0.1) is 0 Å². The Labute approximate surface area is 134 Å². The van der Waals surface area contributed by atoms with Gasteiger partial charge in [-0.1, -0.05) is 24.3 Å². The first-order valence-corrected chi connectivity index (χ1v) is 7.68. The van der Waals surface area contributed by atoms with Crippen molar-refractivity contribution in [3.05, 3.63) is 60.4 Å². The first-order valence-electron chi connectivity index (χ1n) is 7.68. The highest BCUT2D eigenvalue weighted by atomic mass is 16.5. The molecule has 5 nitrogen and oxygen atoms in total. The van der Waals surface area contributed by atoms with Gasteiger partial charge < -0.3 is 15.0 Å². The lowest BCUT2D eigenvalue weighted by molar-refractivity contribution is -0.121. The smallest absolute Gasteiger partial charge is 0.223 e. The number of imidazole rings is 1. The van der Waals surface area contributed by atoms with Crippen molar-refractivity contribution in [1.82, 2.24) is 15.3 Å². The van der Waals surface area contributed by atoms with Crippen molar-refractivity contribution in [2.75, 3.05) is 13.2 Å². The van der Waals surface area contributed by atoms with Crippen LogP contribution in [-0.2, 0) is 11.2 Å². The van der Waals surface area contributed by atoms with Crippen LogP contribution in [0.1, 0.15) is 12.0 Å². The molecule has 0 spiro atoms. The summed E-state index contributed by atoms with van der Waals surface area (Å²) in [6, 6.07) is 15.6. The van der Waals surface area contributed by atoms with E-state index in [4.69, 9.17) is 4.74 Å². The second-order valence-electron chi connectivity index (χ2n) is 5.27. The van der Waals surface area contributed by atoms with Crippen molar-refractivity contribution < 1.29 is 9.53 Å². The molecular weight excluding hydrogens is 290 g/mol. The summed E-state index contributed by atoms with van der Waals surface area (Å²) in [5, 5.41) is 2.91. The average molecular weight is 309 g/mol. The lowest BCUT2D eigenvalue weighted by Crippen LogP contribution is -2.27. The molecule has 0 aliphatic carbocycles. The Morgan fingerprint density at radius 1 is 1.17 bits per heavy atom. The first kappa shape index (κ1) is 15.1. The summed E-state index contributed by atoms with van der Waals surface area (Å²) in [7, 11) is 0. The molecule has 0 bridgehead atoms. The normalized spacial score (nSPS) is 10.6. The Morgan fingerprint density at radius 2 is 2.04 bits per heavy atom. The van der Waals surface area contributed by atoms with Crippen LogP contribution in [-0.4, -0.2) is 29.0 Å². The molecule has 0 unspecified atom stereocenters. The van der Waals surface area contributed by atoms with Crippen molar-refractivity contribution in [1.29, 1.82) is 0 Å². The summed E-state index contributed by atoms with van der Waals surface area (Å²) in [5.74, 6) is 0.789. The first-order chi connectivity index (χ1) is 11.3. The van der Waals surface area contributed by atoms with E-state index in [1.807, 2.05) is 42.5 Å². The van der Waals surface area contributed by atoms with E-state index in [-0.39, 0.29) is 5.91 Å². The zero-order valence-electron chi connectivity index (χ0n) is 12.8. The number of carbonyl (C=O) groups excluding carboxylic acids is 1. The number of aromatic amines is 1. The van der Waals surface area contributed by atoms with Crippen LogP contribution in [0.15, 0.2) is 54.9 Å². The van der Waals surface area contributed by atoms with Crippen molar-refractivity contribution in [2.45, 2.75) is 12.8 Å². The third-order valence-electron chi connectivity index (χ3n) is 3.56. The van der Waals surface area contributed by atoms with Crippen LogP contribution >= 0.6 is 0 Å². The quantitative estimate of drug-likeness (QED) is 0.705. The highest BCUT2D eigenvalue weighted by Gasteiger charge is 2.03. The number of para-hydroxylation sites is 1. The SMILES string of the molecule is O=C(CCOc1ccccc1)NCCc1ccc2nc[nH]c2c1. The number of nitrogens with one attached hydrogen (secondary N) is 2. The fraction of sp³-hybridized carbons (Fsp3) is 0.222. The second kappa shape index (κ2) is 7.45. The molecule has 1 heterocycles. The number of rotatable bonds is 7. The van der Waals surface area contributed by atoms with Crippen LogP contribution < -0.4 is 10.1 Å².